The summed E-state index contributed by atoms with van der Waals surface area (Å²) in [7, 11) is 1.71. The van der Waals surface area contributed by atoms with Crippen LogP contribution in [0.1, 0.15) is 12.8 Å². The van der Waals surface area contributed by atoms with Crippen molar-refractivity contribution in [2.75, 3.05) is 13.6 Å². The fraction of sp³-hybridized carbons (Fsp3) is 0.583. The lowest BCUT2D eigenvalue weighted by molar-refractivity contribution is -0.156. The molecule has 1 aromatic rings. The number of carboxylic acid groups (broad SMARTS) is 1. The van der Waals surface area contributed by atoms with E-state index in [1.807, 2.05) is 12.3 Å². The highest BCUT2D eigenvalue weighted by Gasteiger charge is 2.42. The van der Waals surface area contributed by atoms with Gasteiger partial charge in [0, 0.05) is 26.0 Å². The van der Waals surface area contributed by atoms with Gasteiger partial charge in [0.05, 0.1) is 18.4 Å². The minimum Gasteiger partial charge on any atom is -0.481 e. The molecule has 1 N–H and O–H groups in total. The summed E-state index contributed by atoms with van der Waals surface area (Å²) < 4.78 is 1.75. The molecule has 1 fully saturated rings. The normalized spacial score (nSPS) is 22.3. The highest BCUT2D eigenvalue weighted by Crippen LogP contribution is 2.35. The smallest absolute Gasteiger partial charge is 0.307 e. The summed E-state index contributed by atoms with van der Waals surface area (Å²) in [4.78, 5) is 24.5. The molecule has 0 saturated heterocycles. The fourth-order valence-corrected chi connectivity index (χ4v) is 2.17. The van der Waals surface area contributed by atoms with Crippen LogP contribution in [-0.4, -0.2) is 45.3 Å². The first-order chi connectivity index (χ1) is 8.59. The molecule has 0 aromatic carbocycles. The van der Waals surface area contributed by atoms with E-state index < -0.39 is 11.9 Å². The molecule has 1 aliphatic rings. The van der Waals surface area contributed by atoms with Gasteiger partial charge in [-0.25, -0.2) is 0 Å². The molecule has 1 heterocycles. The monoisotopic (exact) mass is 251 g/mol. The molecule has 18 heavy (non-hydrogen) atoms. The van der Waals surface area contributed by atoms with Gasteiger partial charge < -0.3 is 10.0 Å². The van der Waals surface area contributed by atoms with Gasteiger partial charge in [0.15, 0.2) is 0 Å². The lowest BCUT2D eigenvalue weighted by Crippen LogP contribution is -2.45. The van der Waals surface area contributed by atoms with Gasteiger partial charge in [0.2, 0.25) is 5.91 Å². The van der Waals surface area contributed by atoms with Crippen LogP contribution in [0.25, 0.3) is 0 Å². The zero-order valence-corrected chi connectivity index (χ0v) is 10.3. The second-order valence-corrected chi connectivity index (χ2v) is 4.66. The van der Waals surface area contributed by atoms with Gasteiger partial charge in [0.1, 0.15) is 0 Å². The van der Waals surface area contributed by atoms with Gasteiger partial charge >= 0.3 is 5.97 Å². The van der Waals surface area contributed by atoms with Crippen molar-refractivity contribution in [3.05, 3.63) is 18.5 Å². The van der Waals surface area contributed by atoms with Crippen molar-refractivity contribution in [3.63, 3.8) is 0 Å². The van der Waals surface area contributed by atoms with Crippen molar-refractivity contribution >= 4 is 11.9 Å². The Morgan fingerprint density at radius 2 is 2.17 bits per heavy atom. The summed E-state index contributed by atoms with van der Waals surface area (Å²) in [6.07, 6.45) is 4.82. The molecular weight excluding hydrogens is 234 g/mol. The van der Waals surface area contributed by atoms with Crippen LogP contribution in [0.5, 0.6) is 0 Å². The molecule has 6 nitrogen and oxygen atoms in total. The van der Waals surface area contributed by atoms with Crippen LogP contribution in [-0.2, 0) is 16.1 Å². The quantitative estimate of drug-likeness (QED) is 0.824. The molecule has 2 unspecified atom stereocenters. The molecule has 0 aliphatic heterocycles. The zero-order valence-electron chi connectivity index (χ0n) is 10.3. The van der Waals surface area contributed by atoms with Crippen molar-refractivity contribution < 1.29 is 14.7 Å². The number of nitrogens with zero attached hydrogens (tertiary/aromatic N) is 3. The van der Waals surface area contributed by atoms with Gasteiger partial charge in [0.25, 0.3) is 0 Å². The third-order valence-corrected chi connectivity index (χ3v) is 3.51. The molecular formula is C12H17N3O3. The standard InChI is InChI=1S/C12H17N3O3/c1-14(7-8-15-6-2-5-13-15)11(16)9-3-4-10(9)12(17)18/h2,5-6,9-10H,3-4,7-8H2,1H3,(H,17,18). The third-order valence-electron chi connectivity index (χ3n) is 3.51. The molecule has 0 bridgehead atoms. The SMILES string of the molecule is CN(CCn1cccn1)C(=O)C1CCC1C(=O)O. The number of rotatable bonds is 5. The van der Waals surface area contributed by atoms with Crippen LogP contribution in [0.15, 0.2) is 18.5 Å². The second kappa shape index (κ2) is 5.20. The lowest BCUT2D eigenvalue weighted by Gasteiger charge is -2.34. The Morgan fingerprint density at radius 1 is 1.44 bits per heavy atom. The number of aliphatic carboxylic acids is 1. The highest BCUT2D eigenvalue weighted by molar-refractivity contribution is 5.86. The van der Waals surface area contributed by atoms with E-state index in [9.17, 15) is 9.59 Å². The second-order valence-electron chi connectivity index (χ2n) is 4.66. The molecule has 1 aliphatic carbocycles. The van der Waals surface area contributed by atoms with Gasteiger partial charge in [-0.15, -0.1) is 0 Å². The average molecular weight is 251 g/mol. The Morgan fingerprint density at radius 3 is 2.67 bits per heavy atom. The Bertz CT molecular complexity index is 430. The van der Waals surface area contributed by atoms with E-state index in [-0.39, 0.29) is 11.8 Å². The van der Waals surface area contributed by atoms with Crippen LogP contribution in [0, 0.1) is 11.8 Å². The number of carbonyl (C=O) groups excluding carboxylic acids is 1. The summed E-state index contributed by atoms with van der Waals surface area (Å²) in [5, 5.41) is 13.0. The van der Waals surface area contributed by atoms with Crippen molar-refractivity contribution in [1.82, 2.24) is 14.7 Å². The third kappa shape index (κ3) is 2.52. The molecule has 2 rings (SSSR count). The Labute approximate surface area is 105 Å². The maximum absolute atomic E-state index is 12.0. The van der Waals surface area contributed by atoms with Crippen molar-refractivity contribution in [3.8, 4) is 0 Å². The molecule has 0 radical (unpaired) electrons. The molecule has 98 valence electrons. The minimum absolute atomic E-state index is 0.0687. The van der Waals surface area contributed by atoms with Gasteiger partial charge in [-0.1, -0.05) is 0 Å². The van der Waals surface area contributed by atoms with Crippen molar-refractivity contribution in [2.45, 2.75) is 19.4 Å². The van der Waals surface area contributed by atoms with Crippen LogP contribution in [0.4, 0.5) is 0 Å². The van der Waals surface area contributed by atoms with E-state index in [2.05, 4.69) is 5.10 Å². The van der Waals surface area contributed by atoms with Crippen molar-refractivity contribution in [2.24, 2.45) is 11.8 Å². The number of carboxylic acids is 1. The first kappa shape index (κ1) is 12.6. The number of carbonyl (C=O) groups is 2. The number of hydrogen-bond donors (Lipinski definition) is 1. The number of likely N-dealkylation sites (N-methyl/N-ethyl adjacent to an activating group) is 1. The van der Waals surface area contributed by atoms with Gasteiger partial charge in [-0.2, -0.15) is 5.10 Å². The lowest BCUT2D eigenvalue weighted by atomic mass is 9.73. The van der Waals surface area contributed by atoms with E-state index in [1.165, 1.54) is 0 Å². The van der Waals surface area contributed by atoms with Gasteiger partial charge in [-0.05, 0) is 18.9 Å². The molecule has 6 heteroatoms. The molecule has 0 spiro atoms. The van der Waals surface area contributed by atoms with Crippen molar-refractivity contribution in [1.29, 1.82) is 0 Å². The summed E-state index contributed by atoms with van der Waals surface area (Å²) >= 11 is 0. The highest BCUT2D eigenvalue weighted by atomic mass is 16.4. The van der Waals surface area contributed by atoms with Crippen LogP contribution in [0.3, 0.4) is 0 Å². The topological polar surface area (TPSA) is 75.4 Å². The number of hydrogen-bond acceptors (Lipinski definition) is 3. The number of amides is 1. The largest absolute Gasteiger partial charge is 0.481 e. The summed E-state index contributed by atoms with van der Waals surface area (Å²) in [6.45, 7) is 1.17. The predicted molar refractivity (Wildman–Crippen MR) is 63.7 cm³/mol. The first-order valence-corrected chi connectivity index (χ1v) is 6.05. The van der Waals surface area contributed by atoms with Crippen LogP contribution >= 0.6 is 0 Å². The first-order valence-electron chi connectivity index (χ1n) is 6.05. The molecule has 2 atom stereocenters. The summed E-state index contributed by atoms with van der Waals surface area (Å²) in [5.41, 5.74) is 0. The summed E-state index contributed by atoms with van der Waals surface area (Å²) in [6, 6.07) is 1.83. The molecule has 1 aromatic heterocycles. The van der Waals surface area contributed by atoms with Crippen LogP contribution < -0.4 is 0 Å². The minimum atomic E-state index is -0.861. The van der Waals surface area contributed by atoms with Crippen LogP contribution in [0.2, 0.25) is 0 Å². The maximum Gasteiger partial charge on any atom is 0.307 e. The van der Waals surface area contributed by atoms with Gasteiger partial charge in [-0.3, -0.25) is 14.3 Å². The van der Waals surface area contributed by atoms with E-state index in [0.717, 1.165) is 0 Å². The maximum atomic E-state index is 12.0. The van der Waals surface area contributed by atoms with E-state index in [1.54, 1.807) is 22.8 Å². The Kier molecular flexibility index (Phi) is 3.64. The van der Waals surface area contributed by atoms with E-state index >= 15 is 0 Å². The Balaban J connectivity index is 1.83. The molecule has 1 saturated carbocycles. The van der Waals surface area contributed by atoms with E-state index in [0.29, 0.717) is 25.9 Å². The molecule has 1 amide bonds. The average Bonchev–Trinajstić information content (AvgIpc) is 2.76. The predicted octanol–water partition coefficient (Wildman–Crippen LogP) is 0.452. The number of aromatic nitrogens is 2. The fourth-order valence-electron chi connectivity index (χ4n) is 2.17. The summed E-state index contributed by atoms with van der Waals surface area (Å²) in [5.74, 6) is -1.77. The zero-order chi connectivity index (χ0) is 13.1. The van der Waals surface area contributed by atoms with E-state index in [4.69, 9.17) is 5.11 Å². The Hall–Kier alpha value is -1.85.